The molecule has 1 N–H and O–H groups in total. The molecular weight excluding hydrogens is 432 g/mol. The Kier molecular flexibility index (Phi) is 6.64. The Labute approximate surface area is 189 Å². The second-order valence-electron chi connectivity index (χ2n) is 6.86. The fourth-order valence-corrected chi connectivity index (χ4v) is 4.02. The minimum absolute atomic E-state index is 0.129. The number of carbonyl (C=O) groups excluding carboxylic acids is 1. The van der Waals surface area contributed by atoms with Gasteiger partial charge in [-0.05, 0) is 49.4 Å². The van der Waals surface area contributed by atoms with Crippen molar-refractivity contribution in [2.45, 2.75) is 20.0 Å². The van der Waals surface area contributed by atoms with Crippen molar-refractivity contribution in [3.05, 3.63) is 93.2 Å². The number of aryl methyl sites for hydroxylation is 1. The Bertz CT molecular complexity index is 1160. The molecule has 6 nitrogen and oxygen atoms in total. The number of thiazole rings is 1. The van der Waals surface area contributed by atoms with Crippen LogP contribution in [0.3, 0.4) is 0 Å². The van der Waals surface area contributed by atoms with Crippen LogP contribution in [-0.2, 0) is 13.0 Å². The molecule has 0 aliphatic carbocycles. The molecule has 0 radical (unpaired) electrons. The molecule has 2 aromatic carbocycles. The molecule has 2 aromatic heterocycles. The van der Waals surface area contributed by atoms with Crippen LogP contribution < -0.4 is 10.1 Å². The number of carbonyl (C=O) groups is 1. The highest BCUT2D eigenvalue weighted by Gasteiger charge is 2.15. The first kappa shape index (κ1) is 21.1. The highest BCUT2D eigenvalue weighted by atomic mass is 35.5. The van der Waals surface area contributed by atoms with Gasteiger partial charge in [-0.25, -0.2) is 9.67 Å². The van der Waals surface area contributed by atoms with Crippen molar-refractivity contribution in [1.29, 1.82) is 0 Å². The molecule has 0 saturated heterocycles. The second-order valence-corrected chi connectivity index (χ2v) is 8.38. The fourth-order valence-electron chi connectivity index (χ4n) is 3.00. The summed E-state index contributed by atoms with van der Waals surface area (Å²) in [5.74, 6) is 0.577. The van der Waals surface area contributed by atoms with Gasteiger partial charge in [0.1, 0.15) is 22.2 Å². The van der Waals surface area contributed by atoms with Crippen LogP contribution in [0.1, 0.15) is 26.1 Å². The summed E-state index contributed by atoms with van der Waals surface area (Å²) in [6.45, 7) is 2.63. The van der Waals surface area contributed by atoms with E-state index in [-0.39, 0.29) is 5.91 Å². The third-order valence-electron chi connectivity index (χ3n) is 4.55. The molecule has 8 heteroatoms. The van der Waals surface area contributed by atoms with Gasteiger partial charge in [0.15, 0.2) is 0 Å². The summed E-state index contributed by atoms with van der Waals surface area (Å²) in [7, 11) is 0. The van der Waals surface area contributed by atoms with Gasteiger partial charge in [0.25, 0.3) is 5.91 Å². The number of nitrogens with zero attached hydrogens (tertiary/aromatic N) is 3. The van der Waals surface area contributed by atoms with Crippen molar-refractivity contribution < 1.29 is 9.53 Å². The Morgan fingerprint density at radius 1 is 1.13 bits per heavy atom. The summed E-state index contributed by atoms with van der Waals surface area (Å²) in [4.78, 5) is 17.6. The van der Waals surface area contributed by atoms with Crippen molar-refractivity contribution in [2.24, 2.45) is 0 Å². The molecule has 0 fully saturated rings. The van der Waals surface area contributed by atoms with E-state index in [9.17, 15) is 4.79 Å². The van der Waals surface area contributed by atoms with Crippen LogP contribution >= 0.6 is 22.9 Å². The van der Waals surface area contributed by atoms with E-state index in [1.807, 2.05) is 54.2 Å². The van der Waals surface area contributed by atoms with Crippen LogP contribution in [-0.4, -0.2) is 27.2 Å². The second kappa shape index (κ2) is 9.76. The van der Waals surface area contributed by atoms with Crippen LogP contribution in [0, 0.1) is 6.92 Å². The largest absolute Gasteiger partial charge is 0.486 e. The third-order valence-corrected chi connectivity index (χ3v) is 5.94. The Hall–Kier alpha value is -3.16. The van der Waals surface area contributed by atoms with Crippen molar-refractivity contribution in [2.75, 3.05) is 6.54 Å². The molecule has 0 bridgehead atoms. The number of para-hydroxylation sites is 1. The van der Waals surface area contributed by atoms with Gasteiger partial charge < -0.3 is 10.1 Å². The molecule has 31 heavy (non-hydrogen) atoms. The standard InChI is InChI=1S/C23H21ClN4O2S/c1-16-22(31-21(26-16)15-30-20-9-7-17(24)8-10-20)23(29)25-13-11-18-12-14-28(27-18)19-5-3-2-4-6-19/h2-10,12,14H,11,13,15H2,1H3,(H,25,29). The lowest BCUT2D eigenvalue weighted by atomic mass is 10.3. The van der Waals surface area contributed by atoms with Gasteiger partial charge in [0.2, 0.25) is 0 Å². The van der Waals surface area contributed by atoms with Gasteiger partial charge in [-0.1, -0.05) is 29.8 Å². The van der Waals surface area contributed by atoms with E-state index in [1.54, 1.807) is 24.3 Å². The Balaban J connectivity index is 1.29. The minimum atomic E-state index is -0.129. The number of hydrogen-bond donors (Lipinski definition) is 1. The number of benzene rings is 2. The van der Waals surface area contributed by atoms with E-state index in [4.69, 9.17) is 16.3 Å². The van der Waals surface area contributed by atoms with Crippen molar-refractivity contribution in [3.8, 4) is 11.4 Å². The zero-order chi connectivity index (χ0) is 21.6. The summed E-state index contributed by atoms with van der Waals surface area (Å²) in [5.41, 5.74) is 2.62. The van der Waals surface area contributed by atoms with Crippen molar-refractivity contribution >= 4 is 28.8 Å². The zero-order valence-corrected chi connectivity index (χ0v) is 18.5. The van der Waals surface area contributed by atoms with Gasteiger partial charge in [-0.3, -0.25) is 4.79 Å². The lowest BCUT2D eigenvalue weighted by Gasteiger charge is -2.03. The number of aromatic nitrogens is 3. The SMILES string of the molecule is Cc1nc(COc2ccc(Cl)cc2)sc1C(=O)NCCc1ccn(-c2ccccc2)n1. The molecule has 0 atom stereocenters. The summed E-state index contributed by atoms with van der Waals surface area (Å²) in [6, 6.07) is 19.0. The number of nitrogens with one attached hydrogen (secondary N) is 1. The molecule has 0 aliphatic rings. The first-order valence-corrected chi connectivity index (χ1v) is 11.0. The number of hydrogen-bond acceptors (Lipinski definition) is 5. The van der Waals surface area contributed by atoms with E-state index in [0.29, 0.717) is 40.9 Å². The maximum absolute atomic E-state index is 12.6. The molecule has 0 spiro atoms. The zero-order valence-electron chi connectivity index (χ0n) is 16.9. The number of halogens is 1. The summed E-state index contributed by atoms with van der Waals surface area (Å²) in [5, 5.41) is 8.92. The highest BCUT2D eigenvalue weighted by molar-refractivity contribution is 7.13. The van der Waals surface area contributed by atoms with Gasteiger partial charge >= 0.3 is 0 Å². The van der Waals surface area contributed by atoms with E-state index in [2.05, 4.69) is 15.4 Å². The van der Waals surface area contributed by atoms with E-state index < -0.39 is 0 Å². The maximum atomic E-state index is 12.6. The monoisotopic (exact) mass is 452 g/mol. The fraction of sp³-hybridized carbons (Fsp3) is 0.174. The first-order chi connectivity index (χ1) is 15.1. The lowest BCUT2D eigenvalue weighted by Crippen LogP contribution is -2.25. The van der Waals surface area contributed by atoms with Gasteiger partial charge in [-0.2, -0.15) is 5.10 Å². The molecule has 0 aliphatic heterocycles. The molecule has 0 saturated carbocycles. The Morgan fingerprint density at radius 2 is 1.90 bits per heavy atom. The third kappa shape index (κ3) is 5.51. The average molecular weight is 453 g/mol. The summed E-state index contributed by atoms with van der Waals surface area (Å²) in [6.07, 6.45) is 2.57. The Morgan fingerprint density at radius 3 is 2.68 bits per heavy atom. The first-order valence-electron chi connectivity index (χ1n) is 9.81. The molecule has 1 amide bonds. The van der Waals surface area contributed by atoms with E-state index in [1.165, 1.54) is 11.3 Å². The lowest BCUT2D eigenvalue weighted by molar-refractivity contribution is 0.0957. The topological polar surface area (TPSA) is 69.0 Å². The number of amides is 1. The van der Waals surface area contributed by atoms with Crippen LogP contribution in [0.4, 0.5) is 0 Å². The van der Waals surface area contributed by atoms with Crippen LogP contribution in [0.25, 0.3) is 5.69 Å². The average Bonchev–Trinajstić information content (AvgIpc) is 3.40. The predicted octanol–water partition coefficient (Wildman–Crippen LogP) is 4.84. The minimum Gasteiger partial charge on any atom is -0.486 e. The molecule has 4 aromatic rings. The highest BCUT2D eigenvalue weighted by Crippen LogP contribution is 2.21. The van der Waals surface area contributed by atoms with Gasteiger partial charge in [-0.15, -0.1) is 11.3 Å². The normalized spacial score (nSPS) is 10.8. The van der Waals surface area contributed by atoms with Gasteiger partial charge in [0.05, 0.1) is 17.1 Å². The molecule has 0 unspecified atom stereocenters. The van der Waals surface area contributed by atoms with E-state index in [0.717, 1.165) is 16.4 Å². The smallest absolute Gasteiger partial charge is 0.263 e. The van der Waals surface area contributed by atoms with Gasteiger partial charge in [0, 0.05) is 24.2 Å². The van der Waals surface area contributed by atoms with E-state index >= 15 is 0 Å². The molecule has 2 heterocycles. The molecule has 158 valence electrons. The summed E-state index contributed by atoms with van der Waals surface area (Å²) >= 11 is 7.23. The van der Waals surface area contributed by atoms with Crippen LogP contribution in [0.2, 0.25) is 5.02 Å². The number of rotatable bonds is 8. The summed E-state index contributed by atoms with van der Waals surface area (Å²) < 4.78 is 7.55. The predicted molar refractivity (Wildman–Crippen MR) is 122 cm³/mol. The number of ether oxygens (including phenoxy) is 1. The van der Waals surface area contributed by atoms with Crippen LogP contribution in [0.5, 0.6) is 5.75 Å². The molecular formula is C23H21ClN4O2S. The van der Waals surface area contributed by atoms with Crippen molar-refractivity contribution in [1.82, 2.24) is 20.1 Å². The quantitative estimate of drug-likeness (QED) is 0.415. The maximum Gasteiger partial charge on any atom is 0.263 e. The van der Waals surface area contributed by atoms with Crippen LogP contribution in [0.15, 0.2) is 66.9 Å². The molecule has 4 rings (SSSR count). The van der Waals surface area contributed by atoms with Crippen molar-refractivity contribution in [3.63, 3.8) is 0 Å².